The van der Waals surface area contributed by atoms with Crippen LogP contribution in [-0.2, 0) is 6.42 Å². The second-order valence-corrected chi connectivity index (χ2v) is 5.31. The number of nitrogens with zero attached hydrogens (tertiary/aromatic N) is 1. The molecule has 2 N–H and O–H groups in total. The Morgan fingerprint density at radius 2 is 2.32 bits per heavy atom. The molecule has 0 radical (unpaired) electrons. The molecule has 0 fully saturated rings. The minimum absolute atomic E-state index is 0.0649. The molecule has 2 aromatic heterocycles. The van der Waals surface area contributed by atoms with Gasteiger partial charge in [0, 0.05) is 6.04 Å². The van der Waals surface area contributed by atoms with E-state index in [4.69, 9.17) is 4.52 Å². The molecule has 0 aliphatic carbocycles. The van der Waals surface area contributed by atoms with Gasteiger partial charge in [0.1, 0.15) is 11.4 Å². The van der Waals surface area contributed by atoms with E-state index in [-0.39, 0.29) is 12.1 Å². The Morgan fingerprint density at radius 1 is 1.53 bits per heavy atom. The van der Waals surface area contributed by atoms with E-state index in [1.165, 1.54) is 5.56 Å². The van der Waals surface area contributed by atoms with Crippen molar-refractivity contribution in [3.05, 3.63) is 33.8 Å². The zero-order valence-corrected chi connectivity index (χ0v) is 12.0. The minimum atomic E-state index is -0.239. The molecule has 5 nitrogen and oxygen atoms in total. The number of carbonyl (C=O) groups is 1. The standard InChI is InChI=1S/C13H17N3O2S/c1-8(6-11-4-5-19-7-11)14-13(17)15-12-9(2)16-18-10(12)3/h4-5,7-8H,6H2,1-3H3,(H2,14,15,17)/t8-/m1/s1. The Morgan fingerprint density at radius 3 is 2.89 bits per heavy atom. The smallest absolute Gasteiger partial charge is 0.319 e. The summed E-state index contributed by atoms with van der Waals surface area (Å²) in [5.41, 5.74) is 2.55. The molecule has 2 rings (SSSR count). The molecule has 19 heavy (non-hydrogen) atoms. The predicted octanol–water partition coefficient (Wildman–Crippen LogP) is 3.11. The van der Waals surface area contributed by atoms with Gasteiger partial charge < -0.3 is 15.2 Å². The van der Waals surface area contributed by atoms with Gasteiger partial charge in [0.15, 0.2) is 5.76 Å². The molecule has 2 heterocycles. The fourth-order valence-electron chi connectivity index (χ4n) is 1.85. The Kier molecular flexibility index (Phi) is 4.21. The number of carbonyl (C=O) groups excluding carboxylic acids is 1. The number of aryl methyl sites for hydroxylation is 2. The minimum Gasteiger partial charge on any atom is -0.359 e. The van der Waals surface area contributed by atoms with Crippen LogP contribution >= 0.6 is 11.3 Å². The predicted molar refractivity (Wildman–Crippen MR) is 75.6 cm³/mol. The molecule has 0 saturated carbocycles. The summed E-state index contributed by atoms with van der Waals surface area (Å²) in [6.45, 7) is 5.54. The van der Waals surface area contributed by atoms with E-state index in [1.807, 2.05) is 12.3 Å². The van der Waals surface area contributed by atoms with Crippen LogP contribution in [0.15, 0.2) is 21.3 Å². The average Bonchev–Trinajstić information content (AvgIpc) is 2.94. The number of hydrogen-bond donors (Lipinski definition) is 2. The van der Waals surface area contributed by atoms with Gasteiger partial charge in [0.05, 0.1) is 0 Å². The van der Waals surface area contributed by atoms with Crippen molar-refractivity contribution in [3.63, 3.8) is 0 Å². The molecule has 102 valence electrons. The molecule has 0 saturated heterocycles. The lowest BCUT2D eigenvalue weighted by Crippen LogP contribution is -2.37. The highest BCUT2D eigenvalue weighted by Gasteiger charge is 2.14. The summed E-state index contributed by atoms with van der Waals surface area (Å²) in [6, 6.07) is 1.89. The van der Waals surface area contributed by atoms with E-state index in [0.29, 0.717) is 17.1 Å². The SMILES string of the molecule is Cc1noc(C)c1NC(=O)N[C@H](C)Cc1ccsc1. The number of thiophene rings is 1. The van der Waals surface area contributed by atoms with Crippen molar-refractivity contribution in [2.45, 2.75) is 33.2 Å². The van der Waals surface area contributed by atoms with Crippen LogP contribution in [0.25, 0.3) is 0 Å². The Bertz CT molecular complexity index is 529. The zero-order valence-electron chi connectivity index (χ0n) is 11.2. The molecule has 0 aliphatic heterocycles. The molecular formula is C13H17N3O2S. The maximum absolute atomic E-state index is 11.9. The summed E-state index contributed by atoms with van der Waals surface area (Å²) < 4.78 is 5.00. The summed E-state index contributed by atoms with van der Waals surface area (Å²) in [4.78, 5) is 11.9. The van der Waals surface area contributed by atoms with Crippen molar-refractivity contribution in [2.75, 3.05) is 5.32 Å². The van der Waals surface area contributed by atoms with Crippen LogP contribution in [0, 0.1) is 13.8 Å². The van der Waals surface area contributed by atoms with Gasteiger partial charge in [-0.2, -0.15) is 11.3 Å². The summed E-state index contributed by atoms with van der Waals surface area (Å²) in [5.74, 6) is 0.609. The molecule has 2 amide bonds. The summed E-state index contributed by atoms with van der Waals surface area (Å²) in [5, 5.41) is 13.6. The lowest BCUT2D eigenvalue weighted by molar-refractivity contribution is 0.249. The van der Waals surface area contributed by atoms with Crippen molar-refractivity contribution in [1.82, 2.24) is 10.5 Å². The van der Waals surface area contributed by atoms with Gasteiger partial charge in [0.2, 0.25) is 0 Å². The number of nitrogens with one attached hydrogen (secondary N) is 2. The van der Waals surface area contributed by atoms with E-state index >= 15 is 0 Å². The first-order chi connectivity index (χ1) is 9.06. The van der Waals surface area contributed by atoms with Crippen LogP contribution in [0.2, 0.25) is 0 Å². The van der Waals surface area contributed by atoms with Crippen LogP contribution in [0.4, 0.5) is 10.5 Å². The van der Waals surface area contributed by atoms with Gasteiger partial charge in [-0.05, 0) is 49.6 Å². The van der Waals surface area contributed by atoms with Gasteiger partial charge in [0.25, 0.3) is 0 Å². The van der Waals surface area contributed by atoms with Crippen LogP contribution < -0.4 is 10.6 Å². The lowest BCUT2D eigenvalue weighted by Gasteiger charge is -2.13. The van der Waals surface area contributed by atoms with Crippen LogP contribution in [0.1, 0.15) is 23.9 Å². The quantitative estimate of drug-likeness (QED) is 0.903. The number of urea groups is 1. The Balaban J connectivity index is 1.87. The number of aromatic nitrogens is 1. The number of rotatable bonds is 4. The maximum atomic E-state index is 11.9. The second-order valence-electron chi connectivity index (χ2n) is 4.53. The number of hydrogen-bond acceptors (Lipinski definition) is 4. The van der Waals surface area contributed by atoms with E-state index < -0.39 is 0 Å². The van der Waals surface area contributed by atoms with Crippen molar-refractivity contribution in [1.29, 1.82) is 0 Å². The second kappa shape index (κ2) is 5.88. The first-order valence-electron chi connectivity index (χ1n) is 6.07. The summed E-state index contributed by atoms with van der Waals surface area (Å²) >= 11 is 1.66. The average molecular weight is 279 g/mol. The molecule has 0 aliphatic rings. The highest BCUT2D eigenvalue weighted by Crippen LogP contribution is 2.18. The molecule has 0 unspecified atom stereocenters. The molecule has 0 bridgehead atoms. The molecule has 0 aromatic carbocycles. The van der Waals surface area contributed by atoms with E-state index in [0.717, 1.165) is 6.42 Å². The Labute approximate surface area is 116 Å². The van der Waals surface area contributed by atoms with E-state index in [1.54, 1.807) is 25.2 Å². The molecular weight excluding hydrogens is 262 g/mol. The maximum Gasteiger partial charge on any atom is 0.319 e. The van der Waals surface area contributed by atoms with Gasteiger partial charge in [-0.3, -0.25) is 0 Å². The molecule has 6 heteroatoms. The summed E-state index contributed by atoms with van der Waals surface area (Å²) in [6.07, 6.45) is 0.818. The molecule has 1 atom stereocenters. The highest BCUT2D eigenvalue weighted by atomic mass is 32.1. The fourth-order valence-corrected chi connectivity index (χ4v) is 2.53. The monoisotopic (exact) mass is 279 g/mol. The lowest BCUT2D eigenvalue weighted by atomic mass is 10.1. The molecule has 2 aromatic rings. The Hall–Kier alpha value is -1.82. The third-order valence-corrected chi connectivity index (χ3v) is 3.50. The fraction of sp³-hybridized carbons (Fsp3) is 0.385. The van der Waals surface area contributed by atoms with Crippen LogP contribution in [0.5, 0.6) is 0 Å². The van der Waals surface area contributed by atoms with Gasteiger partial charge in [-0.15, -0.1) is 0 Å². The zero-order chi connectivity index (χ0) is 13.8. The van der Waals surface area contributed by atoms with Crippen molar-refractivity contribution in [3.8, 4) is 0 Å². The largest absolute Gasteiger partial charge is 0.359 e. The first kappa shape index (κ1) is 13.6. The third kappa shape index (κ3) is 3.57. The highest BCUT2D eigenvalue weighted by molar-refractivity contribution is 7.07. The van der Waals surface area contributed by atoms with Crippen LogP contribution in [0.3, 0.4) is 0 Å². The topological polar surface area (TPSA) is 67.2 Å². The normalized spacial score (nSPS) is 12.2. The summed E-state index contributed by atoms with van der Waals surface area (Å²) in [7, 11) is 0. The number of anilines is 1. The van der Waals surface area contributed by atoms with Gasteiger partial charge >= 0.3 is 6.03 Å². The van der Waals surface area contributed by atoms with Gasteiger partial charge in [-0.25, -0.2) is 4.79 Å². The van der Waals surface area contributed by atoms with E-state index in [2.05, 4.69) is 27.2 Å². The first-order valence-corrected chi connectivity index (χ1v) is 7.02. The van der Waals surface area contributed by atoms with Gasteiger partial charge in [-0.1, -0.05) is 5.16 Å². The van der Waals surface area contributed by atoms with E-state index in [9.17, 15) is 4.79 Å². The van der Waals surface area contributed by atoms with Crippen LogP contribution in [-0.4, -0.2) is 17.2 Å². The van der Waals surface area contributed by atoms with Crippen molar-refractivity contribution in [2.24, 2.45) is 0 Å². The van der Waals surface area contributed by atoms with Crippen molar-refractivity contribution < 1.29 is 9.32 Å². The number of amides is 2. The van der Waals surface area contributed by atoms with Crippen molar-refractivity contribution >= 4 is 23.1 Å². The molecule has 0 spiro atoms. The third-order valence-electron chi connectivity index (χ3n) is 2.77.